The van der Waals surface area contributed by atoms with Gasteiger partial charge in [0, 0.05) is 5.56 Å². The van der Waals surface area contributed by atoms with Gasteiger partial charge in [0.25, 0.3) is 5.89 Å². The van der Waals surface area contributed by atoms with Crippen LogP contribution < -0.4 is 4.74 Å². The maximum atomic E-state index is 13.0. The largest absolute Gasteiger partial charge is 0.573 e. The number of nitrogens with zero attached hydrogens (tertiary/aromatic N) is 2. The highest BCUT2D eigenvalue weighted by atomic mass is 35.5. The Balaban J connectivity index is 1.63. The lowest BCUT2D eigenvalue weighted by Crippen LogP contribution is -2.16. The molecule has 146 valence electrons. The second-order valence-corrected chi connectivity index (χ2v) is 5.69. The molecule has 1 heterocycles. The van der Waals surface area contributed by atoms with E-state index in [1.807, 2.05) is 0 Å². The molecule has 0 saturated heterocycles. The summed E-state index contributed by atoms with van der Waals surface area (Å²) in [6.45, 7) is -0.380. The molecule has 3 aromatic rings. The third-order valence-corrected chi connectivity index (χ3v) is 3.60. The topological polar surface area (TPSA) is 74.5 Å². The van der Waals surface area contributed by atoms with E-state index in [1.165, 1.54) is 18.2 Å². The molecule has 28 heavy (non-hydrogen) atoms. The summed E-state index contributed by atoms with van der Waals surface area (Å²) in [7, 11) is 0. The van der Waals surface area contributed by atoms with Crippen LogP contribution in [0.2, 0.25) is 5.02 Å². The molecule has 3 rings (SSSR count). The Morgan fingerprint density at radius 2 is 1.86 bits per heavy atom. The average molecular weight is 417 g/mol. The van der Waals surface area contributed by atoms with Crippen LogP contribution in [0, 0.1) is 5.82 Å². The van der Waals surface area contributed by atoms with E-state index in [1.54, 1.807) is 0 Å². The third-order valence-electron chi connectivity index (χ3n) is 3.29. The number of hydrogen-bond acceptors (Lipinski definition) is 6. The van der Waals surface area contributed by atoms with Gasteiger partial charge in [0.1, 0.15) is 11.6 Å². The number of alkyl halides is 3. The molecular weight excluding hydrogens is 408 g/mol. The number of carbonyl (C=O) groups excluding carboxylic acids is 1. The number of benzene rings is 2. The molecule has 0 radical (unpaired) electrons. The van der Waals surface area contributed by atoms with Gasteiger partial charge in [0.2, 0.25) is 5.82 Å². The van der Waals surface area contributed by atoms with Crippen molar-refractivity contribution >= 4 is 17.6 Å². The normalized spacial score (nSPS) is 11.3. The summed E-state index contributed by atoms with van der Waals surface area (Å²) in [5.41, 5.74) is 0.320. The number of halogens is 5. The Labute approximate surface area is 159 Å². The van der Waals surface area contributed by atoms with Crippen molar-refractivity contribution in [2.75, 3.05) is 0 Å². The van der Waals surface area contributed by atoms with Crippen LogP contribution in [-0.4, -0.2) is 22.5 Å². The monoisotopic (exact) mass is 416 g/mol. The van der Waals surface area contributed by atoms with Crippen molar-refractivity contribution in [1.82, 2.24) is 10.1 Å². The Kier molecular flexibility index (Phi) is 5.50. The van der Waals surface area contributed by atoms with Gasteiger partial charge in [-0.05, 0) is 42.5 Å². The molecule has 0 saturated carbocycles. The maximum absolute atomic E-state index is 13.0. The molecule has 0 fully saturated rings. The molecule has 0 N–H and O–H groups in total. The lowest BCUT2D eigenvalue weighted by Gasteiger charge is -2.08. The van der Waals surface area contributed by atoms with Crippen LogP contribution in [0.25, 0.3) is 11.4 Å². The van der Waals surface area contributed by atoms with E-state index in [-0.39, 0.29) is 28.9 Å². The van der Waals surface area contributed by atoms with E-state index < -0.39 is 23.9 Å². The van der Waals surface area contributed by atoms with Gasteiger partial charge in [0.15, 0.2) is 6.61 Å². The molecule has 0 aliphatic heterocycles. The van der Waals surface area contributed by atoms with Crippen LogP contribution in [0.4, 0.5) is 17.6 Å². The Morgan fingerprint density at radius 3 is 2.50 bits per heavy atom. The first-order valence-corrected chi connectivity index (χ1v) is 7.90. The number of esters is 1. The van der Waals surface area contributed by atoms with Crippen LogP contribution in [-0.2, 0) is 11.3 Å². The minimum absolute atomic E-state index is 0.0388. The SMILES string of the molecule is O=C(OCc1nc(-c2ccc(OC(F)(F)F)cc2)no1)c1ccc(F)cc1Cl. The first kappa shape index (κ1) is 19.6. The molecule has 0 aliphatic carbocycles. The smallest absolute Gasteiger partial charge is 0.452 e. The highest BCUT2D eigenvalue weighted by molar-refractivity contribution is 6.33. The van der Waals surface area contributed by atoms with Crippen LogP contribution in [0.15, 0.2) is 47.0 Å². The van der Waals surface area contributed by atoms with Crippen molar-refractivity contribution in [2.24, 2.45) is 0 Å². The zero-order valence-electron chi connectivity index (χ0n) is 13.7. The summed E-state index contributed by atoms with van der Waals surface area (Å²) in [6.07, 6.45) is -4.79. The number of rotatable bonds is 5. The lowest BCUT2D eigenvalue weighted by molar-refractivity contribution is -0.274. The number of ether oxygens (including phenoxy) is 2. The first-order valence-electron chi connectivity index (χ1n) is 7.52. The quantitative estimate of drug-likeness (QED) is 0.440. The van der Waals surface area contributed by atoms with Crippen molar-refractivity contribution in [3.05, 3.63) is 64.8 Å². The molecule has 0 unspecified atom stereocenters. The van der Waals surface area contributed by atoms with Gasteiger partial charge >= 0.3 is 12.3 Å². The van der Waals surface area contributed by atoms with Crippen molar-refractivity contribution in [3.8, 4) is 17.1 Å². The third kappa shape index (κ3) is 4.97. The summed E-state index contributed by atoms with van der Waals surface area (Å²) < 4.78 is 63.1. The molecule has 0 amide bonds. The van der Waals surface area contributed by atoms with E-state index in [0.717, 1.165) is 24.3 Å². The molecule has 11 heteroatoms. The lowest BCUT2D eigenvalue weighted by atomic mass is 10.2. The highest BCUT2D eigenvalue weighted by Crippen LogP contribution is 2.25. The van der Waals surface area contributed by atoms with Crippen molar-refractivity contribution < 1.29 is 36.4 Å². The molecule has 0 aliphatic rings. The second kappa shape index (κ2) is 7.85. The van der Waals surface area contributed by atoms with E-state index in [0.29, 0.717) is 5.56 Å². The Bertz CT molecular complexity index is 990. The fraction of sp³-hybridized carbons (Fsp3) is 0.118. The zero-order chi connectivity index (χ0) is 20.3. The van der Waals surface area contributed by atoms with Crippen LogP contribution in [0.3, 0.4) is 0 Å². The summed E-state index contributed by atoms with van der Waals surface area (Å²) in [5.74, 6) is -1.81. The average Bonchev–Trinajstić information content (AvgIpc) is 3.08. The van der Waals surface area contributed by atoms with E-state index in [2.05, 4.69) is 14.9 Å². The van der Waals surface area contributed by atoms with Crippen molar-refractivity contribution in [2.45, 2.75) is 13.0 Å². The van der Waals surface area contributed by atoms with Gasteiger partial charge in [-0.25, -0.2) is 9.18 Å². The predicted octanol–water partition coefficient (Wildman–Crippen LogP) is 4.78. The predicted molar refractivity (Wildman–Crippen MR) is 86.9 cm³/mol. The van der Waals surface area contributed by atoms with Crippen molar-refractivity contribution in [1.29, 1.82) is 0 Å². The van der Waals surface area contributed by atoms with Gasteiger partial charge < -0.3 is 14.0 Å². The zero-order valence-corrected chi connectivity index (χ0v) is 14.4. The summed E-state index contributed by atoms with van der Waals surface area (Å²) in [5, 5.41) is 3.54. The van der Waals surface area contributed by atoms with Crippen molar-refractivity contribution in [3.63, 3.8) is 0 Å². The van der Waals surface area contributed by atoms with Gasteiger partial charge in [-0.15, -0.1) is 13.2 Å². The van der Waals surface area contributed by atoms with E-state index in [4.69, 9.17) is 20.9 Å². The number of carbonyl (C=O) groups is 1. The summed E-state index contributed by atoms with van der Waals surface area (Å²) in [4.78, 5) is 15.9. The Hall–Kier alpha value is -3.14. The van der Waals surface area contributed by atoms with E-state index >= 15 is 0 Å². The van der Waals surface area contributed by atoms with E-state index in [9.17, 15) is 22.4 Å². The van der Waals surface area contributed by atoms with Gasteiger partial charge in [-0.2, -0.15) is 4.98 Å². The fourth-order valence-corrected chi connectivity index (χ4v) is 2.34. The molecule has 0 spiro atoms. The molecule has 0 atom stereocenters. The standard InChI is InChI=1S/C17H9ClF4N2O4/c18-13-7-10(19)3-6-12(13)16(25)26-8-14-23-15(24-28-14)9-1-4-11(5-2-9)27-17(20,21)22/h1-7H,8H2. The second-order valence-electron chi connectivity index (χ2n) is 5.28. The van der Waals surface area contributed by atoms with Gasteiger partial charge in [-0.1, -0.05) is 16.8 Å². The molecular formula is C17H9ClF4N2O4. The van der Waals surface area contributed by atoms with Gasteiger partial charge in [-0.3, -0.25) is 0 Å². The molecule has 0 bridgehead atoms. The minimum atomic E-state index is -4.79. The highest BCUT2D eigenvalue weighted by Gasteiger charge is 2.31. The minimum Gasteiger partial charge on any atom is -0.452 e. The molecule has 6 nitrogen and oxygen atoms in total. The van der Waals surface area contributed by atoms with Gasteiger partial charge in [0.05, 0.1) is 10.6 Å². The maximum Gasteiger partial charge on any atom is 0.573 e. The van der Waals surface area contributed by atoms with Crippen LogP contribution >= 0.6 is 11.6 Å². The summed E-state index contributed by atoms with van der Waals surface area (Å²) >= 11 is 5.77. The van der Waals surface area contributed by atoms with Crippen LogP contribution in [0.1, 0.15) is 16.2 Å². The number of aromatic nitrogens is 2. The first-order chi connectivity index (χ1) is 13.2. The molecule has 1 aromatic heterocycles. The number of hydrogen-bond donors (Lipinski definition) is 0. The fourth-order valence-electron chi connectivity index (χ4n) is 2.10. The Morgan fingerprint density at radius 1 is 1.14 bits per heavy atom. The summed E-state index contributed by atoms with van der Waals surface area (Å²) in [6, 6.07) is 7.99. The van der Waals surface area contributed by atoms with Crippen LogP contribution in [0.5, 0.6) is 5.75 Å². The molecule has 2 aromatic carbocycles.